The van der Waals surface area contributed by atoms with Crippen LogP contribution >= 0.6 is 11.3 Å². The minimum absolute atomic E-state index is 0.0590. The Kier molecular flexibility index (Phi) is 7.22. The highest BCUT2D eigenvalue weighted by Gasteiger charge is 2.29. The molecule has 1 aliphatic carbocycles. The van der Waals surface area contributed by atoms with Crippen molar-refractivity contribution < 1.29 is 14.3 Å². The maximum Gasteiger partial charge on any atom is 0.223 e. The molecule has 2 saturated heterocycles. The normalized spacial score (nSPS) is 22.6. The number of piperazine rings is 1. The van der Waals surface area contributed by atoms with Crippen molar-refractivity contribution in [2.45, 2.75) is 32.6 Å². The van der Waals surface area contributed by atoms with Gasteiger partial charge in [-0.3, -0.25) is 14.5 Å². The highest BCUT2D eigenvalue weighted by molar-refractivity contribution is 7.15. The van der Waals surface area contributed by atoms with E-state index in [1.807, 2.05) is 4.90 Å². The van der Waals surface area contributed by atoms with Crippen LogP contribution < -0.4 is 10.2 Å². The molecule has 30 heavy (non-hydrogen) atoms. The molecule has 0 radical (unpaired) electrons. The second-order valence-corrected chi connectivity index (χ2v) is 9.46. The minimum atomic E-state index is 0.0590. The molecule has 9 heteroatoms. The van der Waals surface area contributed by atoms with Crippen LogP contribution in [-0.2, 0) is 27.2 Å². The van der Waals surface area contributed by atoms with E-state index in [2.05, 4.69) is 15.1 Å². The van der Waals surface area contributed by atoms with Crippen molar-refractivity contribution in [3.63, 3.8) is 0 Å². The molecule has 1 N–H and O–H groups in total. The predicted molar refractivity (Wildman–Crippen MR) is 117 cm³/mol. The number of carbonyl (C=O) groups is 2. The van der Waals surface area contributed by atoms with Crippen molar-refractivity contribution in [2.24, 2.45) is 5.92 Å². The molecule has 0 spiro atoms. The molecule has 3 heterocycles. The zero-order valence-electron chi connectivity index (χ0n) is 17.9. The average Bonchev–Trinajstić information content (AvgIpc) is 3.21. The first-order chi connectivity index (χ1) is 14.6. The summed E-state index contributed by atoms with van der Waals surface area (Å²) in [7, 11) is 0. The summed E-state index contributed by atoms with van der Waals surface area (Å²) in [6.07, 6.45) is 3.55. The Hall–Kier alpha value is -1.71. The van der Waals surface area contributed by atoms with Gasteiger partial charge in [0.25, 0.3) is 0 Å². The number of nitrogens with zero attached hydrogens (tertiary/aromatic N) is 4. The van der Waals surface area contributed by atoms with Crippen LogP contribution in [0.3, 0.4) is 0 Å². The minimum Gasteiger partial charge on any atom is -0.379 e. The SMILES string of the molecule is CC(=O)N1CCN(c2nc3c(s2)CC(C(=O)NCCCN2CCOCC2)CC3)CC1. The number of aryl methyl sites for hydroxylation is 1. The summed E-state index contributed by atoms with van der Waals surface area (Å²) in [5.74, 6) is 0.392. The van der Waals surface area contributed by atoms with Gasteiger partial charge in [-0.25, -0.2) is 4.98 Å². The van der Waals surface area contributed by atoms with Crippen molar-refractivity contribution in [1.82, 2.24) is 20.1 Å². The van der Waals surface area contributed by atoms with Gasteiger partial charge in [0.2, 0.25) is 11.8 Å². The number of morpholine rings is 1. The third-order valence-electron chi connectivity index (χ3n) is 6.35. The molecule has 1 unspecified atom stereocenters. The van der Waals surface area contributed by atoms with E-state index in [1.54, 1.807) is 18.3 Å². The van der Waals surface area contributed by atoms with Gasteiger partial charge in [0, 0.05) is 63.5 Å². The maximum absolute atomic E-state index is 12.7. The van der Waals surface area contributed by atoms with E-state index in [-0.39, 0.29) is 17.7 Å². The van der Waals surface area contributed by atoms with E-state index < -0.39 is 0 Å². The summed E-state index contributed by atoms with van der Waals surface area (Å²) in [5, 5.41) is 4.20. The Bertz CT molecular complexity index is 741. The molecule has 2 amide bonds. The zero-order valence-corrected chi connectivity index (χ0v) is 18.7. The number of anilines is 1. The van der Waals surface area contributed by atoms with Gasteiger partial charge >= 0.3 is 0 Å². The molecule has 2 aliphatic heterocycles. The molecule has 1 aromatic heterocycles. The fraction of sp³-hybridized carbons (Fsp3) is 0.762. The number of thiazole rings is 1. The number of hydrogen-bond donors (Lipinski definition) is 1. The Morgan fingerprint density at radius 1 is 1.17 bits per heavy atom. The second-order valence-electron chi connectivity index (χ2n) is 8.40. The lowest BCUT2D eigenvalue weighted by atomic mass is 9.90. The lowest BCUT2D eigenvalue weighted by Crippen LogP contribution is -2.48. The van der Waals surface area contributed by atoms with Crippen LogP contribution in [-0.4, -0.2) is 92.2 Å². The number of carbonyl (C=O) groups excluding carboxylic acids is 2. The van der Waals surface area contributed by atoms with Crippen molar-refractivity contribution in [3.05, 3.63) is 10.6 Å². The van der Waals surface area contributed by atoms with Gasteiger partial charge in [-0.15, -0.1) is 11.3 Å². The fourth-order valence-corrected chi connectivity index (χ4v) is 5.65. The standard InChI is InChI=1S/C21H33N5O3S/c1-16(27)25-7-9-26(10-8-25)21-23-18-4-3-17(15-19(18)30-21)20(28)22-5-2-6-24-11-13-29-14-12-24/h17H,2-15H2,1H3,(H,22,28). The number of amides is 2. The molecule has 0 aromatic carbocycles. The molecule has 2 fully saturated rings. The second kappa shape index (κ2) is 10.1. The Balaban J connectivity index is 1.22. The van der Waals surface area contributed by atoms with Crippen molar-refractivity contribution >= 4 is 28.3 Å². The smallest absolute Gasteiger partial charge is 0.223 e. The van der Waals surface area contributed by atoms with Crippen LogP contribution in [0.1, 0.15) is 30.3 Å². The fourth-order valence-electron chi connectivity index (χ4n) is 4.42. The number of rotatable bonds is 6. The number of fused-ring (bicyclic) bond motifs is 1. The Labute approximate surface area is 182 Å². The van der Waals surface area contributed by atoms with Crippen LogP contribution in [0.5, 0.6) is 0 Å². The quantitative estimate of drug-likeness (QED) is 0.665. The maximum atomic E-state index is 12.7. The number of nitrogens with one attached hydrogen (secondary N) is 1. The summed E-state index contributed by atoms with van der Waals surface area (Å²) < 4.78 is 5.37. The highest BCUT2D eigenvalue weighted by atomic mass is 32.1. The first-order valence-electron chi connectivity index (χ1n) is 11.2. The van der Waals surface area contributed by atoms with Crippen LogP contribution in [0.15, 0.2) is 0 Å². The summed E-state index contributed by atoms with van der Waals surface area (Å²) in [5.41, 5.74) is 1.17. The van der Waals surface area contributed by atoms with Crippen molar-refractivity contribution in [3.8, 4) is 0 Å². The van der Waals surface area contributed by atoms with Gasteiger partial charge in [0.05, 0.1) is 18.9 Å². The van der Waals surface area contributed by atoms with Crippen LogP contribution in [0, 0.1) is 5.92 Å². The molecular weight excluding hydrogens is 402 g/mol. The van der Waals surface area contributed by atoms with Gasteiger partial charge in [-0.05, 0) is 32.2 Å². The van der Waals surface area contributed by atoms with Crippen molar-refractivity contribution in [2.75, 3.05) is 70.5 Å². The molecule has 1 aromatic rings. The first kappa shape index (κ1) is 21.5. The van der Waals surface area contributed by atoms with Gasteiger partial charge in [-0.2, -0.15) is 0 Å². The predicted octanol–water partition coefficient (Wildman–Crippen LogP) is 0.755. The van der Waals surface area contributed by atoms with Crippen LogP contribution in [0.4, 0.5) is 5.13 Å². The summed E-state index contributed by atoms with van der Waals surface area (Å²) in [6, 6.07) is 0. The highest BCUT2D eigenvalue weighted by Crippen LogP contribution is 2.34. The van der Waals surface area contributed by atoms with E-state index >= 15 is 0 Å². The topological polar surface area (TPSA) is 78.0 Å². The lowest BCUT2D eigenvalue weighted by Gasteiger charge is -2.33. The largest absolute Gasteiger partial charge is 0.379 e. The van der Waals surface area contributed by atoms with Gasteiger partial charge in [0.15, 0.2) is 5.13 Å². The van der Waals surface area contributed by atoms with E-state index in [0.717, 1.165) is 96.4 Å². The Morgan fingerprint density at radius 2 is 1.93 bits per heavy atom. The molecule has 1 atom stereocenters. The molecular formula is C21H33N5O3S. The van der Waals surface area contributed by atoms with Crippen LogP contribution in [0.25, 0.3) is 0 Å². The van der Waals surface area contributed by atoms with E-state index in [0.29, 0.717) is 0 Å². The summed E-state index contributed by atoms with van der Waals surface area (Å²) >= 11 is 1.73. The van der Waals surface area contributed by atoms with Gasteiger partial charge < -0.3 is 19.9 Å². The monoisotopic (exact) mass is 435 g/mol. The number of aromatic nitrogens is 1. The molecule has 8 nitrogen and oxygen atoms in total. The van der Waals surface area contributed by atoms with Gasteiger partial charge in [-0.1, -0.05) is 0 Å². The van der Waals surface area contributed by atoms with Crippen LogP contribution in [0.2, 0.25) is 0 Å². The molecule has 0 saturated carbocycles. The summed E-state index contributed by atoms with van der Waals surface area (Å²) in [4.78, 5) is 36.9. The van der Waals surface area contributed by atoms with Gasteiger partial charge in [0.1, 0.15) is 0 Å². The van der Waals surface area contributed by atoms with Crippen molar-refractivity contribution in [1.29, 1.82) is 0 Å². The van der Waals surface area contributed by atoms with E-state index in [4.69, 9.17) is 9.72 Å². The molecule has 166 valence electrons. The number of hydrogen-bond acceptors (Lipinski definition) is 7. The van der Waals surface area contributed by atoms with E-state index in [9.17, 15) is 9.59 Å². The van der Waals surface area contributed by atoms with E-state index in [1.165, 1.54) is 10.6 Å². The third kappa shape index (κ3) is 5.31. The molecule has 3 aliphatic rings. The lowest BCUT2D eigenvalue weighted by molar-refractivity contribution is -0.129. The third-order valence-corrected chi connectivity index (χ3v) is 7.53. The Morgan fingerprint density at radius 3 is 2.67 bits per heavy atom. The first-order valence-corrected chi connectivity index (χ1v) is 12.0. The molecule has 4 rings (SSSR count). The number of ether oxygens (including phenoxy) is 1. The zero-order chi connectivity index (χ0) is 20.9. The molecule has 0 bridgehead atoms. The summed E-state index contributed by atoms with van der Waals surface area (Å²) in [6.45, 7) is 10.2. The average molecular weight is 436 g/mol.